The smallest absolute Gasteiger partial charge is 0.253 e. The van der Waals surface area contributed by atoms with Gasteiger partial charge in [0.2, 0.25) is 10.0 Å². The number of nitrogens with one attached hydrogen (secondary N) is 1. The van der Waals surface area contributed by atoms with Gasteiger partial charge < -0.3 is 5.32 Å². The second kappa shape index (κ2) is 6.78. The largest absolute Gasteiger partial charge is 0.348 e. The maximum atomic E-state index is 13.6. The molecule has 0 aliphatic heterocycles. The Morgan fingerprint density at radius 1 is 1.13 bits per heavy atom. The number of anilines is 1. The Morgan fingerprint density at radius 3 is 2.39 bits per heavy atom. The Hall–Kier alpha value is -2.41. The summed E-state index contributed by atoms with van der Waals surface area (Å²) in [6.07, 6.45) is 1.06. The number of nitrogens with zero attached hydrogens (tertiary/aromatic N) is 1. The SMILES string of the molecule is CN(c1ccccc1C(=O)NCc1ccccc1F)S(C)(=O)=O. The molecule has 23 heavy (non-hydrogen) atoms. The second-order valence-electron chi connectivity index (χ2n) is 5.02. The van der Waals surface area contributed by atoms with Crippen molar-refractivity contribution in [3.8, 4) is 0 Å². The lowest BCUT2D eigenvalue weighted by Gasteiger charge is -2.19. The third kappa shape index (κ3) is 4.07. The number of sulfonamides is 1. The first kappa shape index (κ1) is 17.0. The van der Waals surface area contributed by atoms with E-state index < -0.39 is 21.7 Å². The molecule has 0 radical (unpaired) electrons. The van der Waals surface area contributed by atoms with Crippen LogP contribution in [0.4, 0.5) is 10.1 Å². The third-order valence-electron chi connectivity index (χ3n) is 3.38. The standard InChI is InChI=1S/C16H17FN2O3S/c1-19(23(2,21)22)15-10-6-4-8-13(15)16(20)18-11-12-7-3-5-9-14(12)17/h3-10H,11H2,1-2H3,(H,18,20). The van der Waals surface area contributed by atoms with Crippen LogP contribution in [0.5, 0.6) is 0 Å². The van der Waals surface area contributed by atoms with Crippen molar-refractivity contribution in [1.82, 2.24) is 5.32 Å². The van der Waals surface area contributed by atoms with Crippen LogP contribution in [0.2, 0.25) is 0 Å². The van der Waals surface area contributed by atoms with Gasteiger partial charge >= 0.3 is 0 Å². The van der Waals surface area contributed by atoms with Gasteiger partial charge in [0.05, 0.1) is 17.5 Å². The summed E-state index contributed by atoms with van der Waals surface area (Å²) in [5, 5.41) is 2.60. The van der Waals surface area contributed by atoms with Crippen molar-refractivity contribution in [2.24, 2.45) is 0 Å². The molecule has 0 unspecified atom stereocenters. The number of hydrogen-bond donors (Lipinski definition) is 1. The van der Waals surface area contributed by atoms with Crippen molar-refractivity contribution in [1.29, 1.82) is 0 Å². The molecular weight excluding hydrogens is 319 g/mol. The van der Waals surface area contributed by atoms with Gasteiger partial charge in [-0.3, -0.25) is 9.10 Å². The minimum absolute atomic E-state index is 0.0163. The molecule has 2 aromatic carbocycles. The highest BCUT2D eigenvalue weighted by molar-refractivity contribution is 7.92. The van der Waals surface area contributed by atoms with Gasteiger partial charge in [0.1, 0.15) is 5.82 Å². The van der Waals surface area contributed by atoms with Crippen LogP contribution in [0, 0.1) is 5.82 Å². The van der Waals surface area contributed by atoms with Crippen molar-refractivity contribution < 1.29 is 17.6 Å². The number of amides is 1. The summed E-state index contributed by atoms with van der Waals surface area (Å²) in [5.41, 5.74) is 0.826. The first-order chi connectivity index (χ1) is 10.8. The average Bonchev–Trinajstić information content (AvgIpc) is 2.52. The molecule has 7 heteroatoms. The van der Waals surface area contributed by atoms with Crippen LogP contribution in [0.3, 0.4) is 0 Å². The number of para-hydroxylation sites is 1. The first-order valence-corrected chi connectivity index (χ1v) is 8.70. The van der Waals surface area contributed by atoms with Crippen molar-refractivity contribution in [3.05, 3.63) is 65.5 Å². The van der Waals surface area contributed by atoms with Gasteiger partial charge in [-0.2, -0.15) is 0 Å². The van der Waals surface area contributed by atoms with E-state index in [2.05, 4.69) is 5.32 Å². The molecule has 2 rings (SSSR count). The number of hydrogen-bond acceptors (Lipinski definition) is 3. The number of benzene rings is 2. The van der Waals surface area contributed by atoms with E-state index in [0.717, 1.165) is 10.6 Å². The molecule has 2 aromatic rings. The topological polar surface area (TPSA) is 66.5 Å². The predicted octanol–water partition coefficient (Wildman–Crippen LogP) is 2.15. The molecule has 0 aliphatic carbocycles. The van der Waals surface area contributed by atoms with Gasteiger partial charge in [0.25, 0.3) is 5.91 Å². The molecule has 0 spiro atoms. The van der Waals surface area contributed by atoms with Crippen LogP contribution in [-0.2, 0) is 16.6 Å². The Bertz CT molecular complexity index is 822. The number of carbonyl (C=O) groups is 1. The molecule has 1 N–H and O–H groups in total. The summed E-state index contributed by atoms with van der Waals surface area (Å²) in [6.45, 7) is 0.0163. The van der Waals surface area contributed by atoms with Gasteiger partial charge in [-0.1, -0.05) is 30.3 Å². The molecule has 0 aliphatic rings. The lowest BCUT2D eigenvalue weighted by atomic mass is 10.1. The molecule has 0 heterocycles. The minimum atomic E-state index is -3.49. The van der Waals surface area contributed by atoms with Gasteiger partial charge in [0, 0.05) is 19.2 Å². The highest BCUT2D eigenvalue weighted by atomic mass is 32.2. The normalized spacial score (nSPS) is 11.1. The van der Waals surface area contributed by atoms with E-state index >= 15 is 0 Å². The van der Waals surface area contributed by atoms with Crippen molar-refractivity contribution in [3.63, 3.8) is 0 Å². The monoisotopic (exact) mass is 336 g/mol. The third-order valence-corrected chi connectivity index (χ3v) is 4.57. The van der Waals surface area contributed by atoms with E-state index in [1.807, 2.05) is 0 Å². The average molecular weight is 336 g/mol. The molecule has 0 atom stereocenters. The molecule has 0 fully saturated rings. The molecule has 1 amide bonds. The summed E-state index contributed by atoms with van der Waals surface area (Å²) in [4.78, 5) is 12.3. The maximum absolute atomic E-state index is 13.6. The number of halogens is 1. The van der Waals surface area contributed by atoms with E-state index in [9.17, 15) is 17.6 Å². The Kier molecular flexibility index (Phi) is 5.00. The van der Waals surface area contributed by atoms with Crippen LogP contribution in [0.1, 0.15) is 15.9 Å². The Morgan fingerprint density at radius 2 is 1.74 bits per heavy atom. The minimum Gasteiger partial charge on any atom is -0.348 e. The Balaban J connectivity index is 2.22. The van der Waals surface area contributed by atoms with Crippen molar-refractivity contribution in [2.45, 2.75) is 6.54 Å². The highest BCUT2D eigenvalue weighted by Crippen LogP contribution is 2.21. The van der Waals surface area contributed by atoms with E-state index in [0.29, 0.717) is 5.56 Å². The quantitative estimate of drug-likeness (QED) is 0.910. The lowest BCUT2D eigenvalue weighted by Crippen LogP contribution is -2.30. The molecule has 0 aromatic heterocycles. The summed E-state index contributed by atoms with van der Waals surface area (Å²) in [7, 11) is -2.12. The fourth-order valence-electron chi connectivity index (χ4n) is 2.03. The Labute approximate surface area is 134 Å². The second-order valence-corrected chi connectivity index (χ2v) is 7.04. The van der Waals surface area contributed by atoms with Crippen molar-refractivity contribution >= 4 is 21.6 Å². The lowest BCUT2D eigenvalue weighted by molar-refractivity contribution is 0.0951. The molecule has 0 saturated heterocycles. The van der Waals surface area contributed by atoms with Crippen LogP contribution >= 0.6 is 0 Å². The van der Waals surface area contributed by atoms with E-state index in [1.54, 1.807) is 36.4 Å². The highest BCUT2D eigenvalue weighted by Gasteiger charge is 2.19. The zero-order valence-electron chi connectivity index (χ0n) is 12.8. The number of rotatable bonds is 5. The first-order valence-electron chi connectivity index (χ1n) is 6.85. The van der Waals surface area contributed by atoms with Crippen LogP contribution in [-0.4, -0.2) is 27.6 Å². The maximum Gasteiger partial charge on any atom is 0.253 e. The molecule has 122 valence electrons. The van der Waals surface area contributed by atoms with E-state index in [1.165, 1.54) is 19.2 Å². The molecule has 0 saturated carbocycles. The molecular formula is C16H17FN2O3S. The molecule has 5 nitrogen and oxygen atoms in total. The number of carbonyl (C=O) groups excluding carboxylic acids is 1. The fourth-order valence-corrected chi connectivity index (χ4v) is 2.55. The summed E-state index contributed by atoms with van der Waals surface area (Å²) in [5.74, 6) is -0.881. The van der Waals surface area contributed by atoms with Crippen LogP contribution in [0.15, 0.2) is 48.5 Å². The van der Waals surface area contributed by atoms with Crippen LogP contribution < -0.4 is 9.62 Å². The predicted molar refractivity (Wildman–Crippen MR) is 87.3 cm³/mol. The van der Waals surface area contributed by atoms with Crippen molar-refractivity contribution in [2.75, 3.05) is 17.6 Å². The van der Waals surface area contributed by atoms with E-state index in [-0.39, 0.29) is 17.8 Å². The molecule has 0 bridgehead atoms. The van der Waals surface area contributed by atoms with Crippen LogP contribution in [0.25, 0.3) is 0 Å². The zero-order chi connectivity index (χ0) is 17.0. The zero-order valence-corrected chi connectivity index (χ0v) is 13.6. The van der Waals surface area contributed by atoms with E-state index in [4.69, 9.17) is 0 Å². The van der Waals surface area contributed by atoms with Gasteiger partial charge in [-0.25, -0.2) is 12.8 Å². The summed E-state index contributed by atoms with van der Waals surface area (Å²) in [6, 6.07) is 12.5. The van der Waals surface area contributed by atoms with Gasteiger partial charge in [-0.05, 0) is 18.2 Å². The summed E-state index contributed by atoms with van der Waals surface area (Å²) < 4.78 is 38.0. The fraction of sp³-hybridized carbons (Fsp3) is 0.188. The summed E-state index contributed by atoms with van der Waals surface area (Å²) >= 11 is 0. The van der Waals surface area contributed by atoms with Gasteiger partial charge in [-0.15, -0.1) is 0 Å². The van der Waals surface area contributed by atoms with Gasteiger partial charge in [0.15, 0.2) is 0 Å².